The zero-order valence-corrected chi connectivity index (χ0v) is 18.2. The normalized spacial score (nSPS) is 13.8. The summed E-state index contributed by atoms with van der Waals surface area (Å²) < 4.78 is 16.1. The Balaban J connectivity index is 1.80. The van der Waals surface area contributed by atoms with E-state index in [0.717, 1.165) is 11.3 Å². The molecule has 31 heavy (non-hydrogen) atoms. The standard InChI is InChI=1S/C24H21NO5S/c1-15-7-4-5-9-18(15)25-23(26)21(16-10-11-19(28-2)20(13-16)29-3)22(24(25)27)31-14-17-8-6-12-30-17/h4-13H,14H2,1-3H3. The molecule has 0 radical (unpaired) electrons. The van der Waals surface area contributed by atoms with Crippen LogP contribution in [0.1, 0.15) is 16.9 Å². The summed E-state index contributed by atoms with van der Waals surface area (Å²) in [5.41, 5.74) is 2.34. The van der Waals surface area contributed by atoms with Gasteiger partial charge in [-0.2, -0.15) is 0 Å². The molecule has 1 aliphatic heterocycles. The average molecular weight is 436 g/mol. The predicted molar refractivity (Wildman–Crippen MR) is 120 cm³/mol. The van der Waals surface area contributed by atoms with Gasteiger partial charge in [-0.15, -0.1) is 11.8 Å². The summed E-state index contributed by atoms with van der Waals surface area (Å²) in [5.74, 6) is 1.47. The van der Waals surface area contributed by atoms with E-state index < -0.39 is 0 Å². The minimum absolute atomic E-state index is 0.339. The Hall–Kier alpha value is -3.45. The lowest BCUT2D eigenvalue weighted by molar-refractivity contribution is -0.119. The number of carbonyl (C=O) groups excluding carboxylic acids is 2. The Morgan fingerprint density at radius 2 is 1.71 bits per heavy atom. The van der Waals surface area contributed by atoms with Gasteiger partial charge in [0.2, 0.25) is 0 Å². The van der Waals surface area contributed by atoms with Gasteiger partial charge in [0.15, 0.2) is 11.5 Å². The van der Waals surface area contributed by atoms with Crippen LogP contribution in [0.3, 0.4) is 0 Å². The van der Waals surface area contributed by atoms with Crippen molar-refractivity contribution in [1.82, 2.24) is 0 Å². The number of imide groups is 1. The van der Waals surface area contributed by atoms with Crippen molar-refractivity contribution in [3.05, 3.63) is 82.7 Å². The highest BCUT2D eigenvalue weighted by Crippen LogP contribution is 2.42. The molecule has 1 aliphatic rings. The second-order valence-electron chi connectivity index (χ2n) is 6.87. The van der Waals surface area contributed by atoms with Crippen molar-refractivity contribution in [1.29, 1.82) is 0 Å². The number of para-hydroxylation sites is 1. The SMILES string of the molecule is COc1ccc(C2=C(SCc3ccco3)C(=O)N(c3ccccc3C)C2=O)cc1OC. The van der Waals surface area contributed by atoms with E-state index in [9.17, 15) is 9.59 Å². The Kier molecular flexibility index (Phi) is 5.86. The van der Waals surface area contributed by atoms with Crippen molar-refractivity contribution < 1.29 is 23.5 Å². The Labute approximate surface area is 184 Å². The van der Waals surface area contributed by atoms with E-state index in [0.29, 0.717) is 39.0 Å². The molecular weight excluding hydrogens is 414 g/mol. The van der Waals surface area contributed by atoms with E-state index in [-0.39, 0.29) is 11.8 Å². The van der Waals surface area contributed by atoms with Crippen LogP contribution in [0.5, 0.6) is 11.5 Å². The maximum Gasteiger partial charge on any atom is 0.272 e. The number of methoxy groups -OCH3 is 2. The Morgan fingerprint density at radius 1 is 0.935 bits per heavy atom. The number of anilines is 1. The first-order valence-corrected chi connectivity index (χ1v) is 10.6. The van der Waals surface area contributed by atoms with Crippen LogP contribution in [0, 0.1) is 6.92 Å². The first-order valence-electron chi connectivity index (χ1n) is 9.61. The van der Waals surface area contributed by atoms with E-state index in [1.165, 1.54) is 23.8 Å². The fraction of sp³-hybridized carbons (Fsp3) is 0.167. The molecule has 0 N–H and O–H groups in total. The number of nitrogens with zero attached hydrogens (tertiary/aromatic N) is 1. The molecule has 0 atom stereocenters. The highest BCUT2D eigenvalue weighted by Gasteiger charge is 2.41. The molecule has 0 saturated heterocycles. The molecule has 2 aromatic carbocycles. The molecule has 0 saturated carbocycles. The molecule has 0 bridgehead atoms. The number of ether oxygens (including phenoxy) is 2. The first kappa shape index (κ1) is 20.8. The van der Waals surface area contributed by atoms with Crippen LogP contribution in [-0.2, 0) is 15.3 Å². The topological polar surface area (TPSA) is 69.0 Å². The van der Waals surface area contributed by atoms with Gasteiger partial charge in [0.05, 0.1) is 42.4 Å². The van der Waals surface area contributed by atoms with Gasteiger partial charge in [0, 0.05) is 0 Å². The minimum Gasteiger partial charge on any atom is -0.493 e. The molecule has 0 spiro atoms. The van der Waals surface area contributed by atoms with Gasteiger partial charge in [0.25, 0.3) is 11.8 Å². The number of benzene rings is 2. The van der Waals surface area contributed by atoms with Crippen molar-refractivity contribution in [2.24, 2.45) is 0 Å². The van der Waals surface area contributed by atoms with E-state index in [1.54, 1.807) is 43.7 Å². The average Bonchev–Trinajstić information content (AvgIpc) is 3.38. The van der Waals surface area contributed by atoms with Crippen LogP contribution in [0.2, 0.25) is 0 Å². The number of hydrogen-bond acceptors (Lipinski definition) is 6. The largest absolute Gasteiger partial charge is 0.493 e. The quantitative estimate of drug-likeness (QED) is 0.496. The van der Waals surface area contributed by atoms with E-state index >= 15 is 0 Å². The molecular formula is C24H21NO5S. The Bertz CT molecular complexity index is 1170. The summed E-state index contributed by atoms with van der Waals surface area (Å²) in [6.45, 7) is 1.87. The van der Waals surface area contributed by atoms with Crippen LogP contribution >= 0.6 is 11.8 Å². The van der Waals surface area contributed by atoms with Crippen LogP contribution in [0.25, 0.3) is 5.57 Å². The van der Waals surface area contributed by atoms with Crippen molar-refractivity contribution >= 4 is 34.8 Å². The number of aryl methyl sites for hydroxylation is 1. The molecule has 0 fully saturated rings. The zero-order chi connectivity index (χ0) is 22.0. The van der Waals surface area contributed by atoms with Gasteiger partial charge in [-0.1, -0.05) is 24.3 Å². The van der Waals surface area contributed by atoms with Gasteiger partial charge >= 0.3 is 0 Å². The summed E-state index contributed by atoms with van der Waals surface area (Å²) in [4.78, 5) is 28.6. The van der Waals surface area contributed by atoms with E-state index in [1.807, 2.05) is 31.2 Å². The lowest BCUT2D eigenvalue weighted by atomic mass is 10.1. The maximum atomic E-state index is 13.5. The molecule has 1 aromatic heterocycles. The maximum absolute atomic E-state index is 13.5. The van der Waals surface area contributed by atoms with E-state index in [4.69, 9.17) is 13.9 Å². The number of rotatable bonds is 7. The fourth-order valence-corrected chi connectivity index (χ4v) is 4.48. The van der Waals surface area contributed by atoms with Crippen molar-refractivity contribution in [3.8, 4) is 11.5 Å². The molecule has 2 amide bonds. The molecule has 0 unspecified atom stereocenters. The lowest BCUT2D eigenvalue weighted by Gasteiger charge is -2.17. The van der Waals surface area contributed by atoms with Crippen LogP contribution in [0.4, 0.5) is 5.69 Å². The smallest absolute Gasteiger partial charge is 0.272 e. The second-order valence-corrected chi connectivity index (χ2v) is 7.86. The van der Waals surface area contributed by atoms with Gasteiger partial charge in [-0.25, -0.2) is 4.90 Å². The molecule has 4 rings (SSSR count). The number of hydrogen-bond donors (Lipinski definition) is 0. The third-order valence-electron chi connectivity index (χ3n) is 5.01. The van der Waals surface area contributed by atoms with Gasteiger partial charge in [-0.05, 0) is 48.4 Å². The van der Waals surface area contributed by atoms with Crippen LogP contribution in [-0.4, -0.2) is 26.0 Å². The monoisotopic (exact) mass is 435 g/mol. The number of thioether (sulfide) groups is 1. The molecule has 3 aromatic rings. The van der Waals surface area contributed by atoms with Crippen molar-refractivity contribution in [2.75, 3.05) is 19.1 Å². The summed E-state index contributed by atoms with van der Waals surface area (Å²) in [5, 5.41) is 0. The summed E-state index contributed by atoms with van der Waals surface area (Å²) in [6.07, 6.45) is 1.58. The van der Waals surface area contributed by atoms with Gasteiger partial charge < -0.3 is 13.9 Å². The third kappa shape index (κ3) is 3.84. The number of amides is 2. The Morgan fingerprint density at radius 3 is 2.39 bits per heavy atom. The first-order chi connectivity index (χ1) is 15.0. The minimum atomic E-state index is -0.367. The summed E-state index contributed by atoms with van der Waals surface area (Å²) in [6, 6.07) is 16.2. The molecule has 158 valence electrons. The summed E-state index contributed by atoms with van der Waals surface area (Å²) >= 11 is 1.29. The van der Waals surface area contributed by atoms with Gasteiger partial charge in [0.1, 0.15) is 5.76 Å². The third-order valence-corrected chi connectivity index (χ3v) is 6.11. The van der Waals surface area contributed by atoms with Crippen molar-refractivity contribution in [2.45, 2.75) is 12.7 Å². The van der Waals surface area contributed by atoms with E-state index in [2.05, 4.69) is 0 Å². The van der Waals surface area contributed by atoms with Crippen LogP contribution < -0.4 is 14.4 Å². The van der Waals surface area contributed by atoms with Crippen LogP contribution in [0.15, 0.2) is 70.2 Å². The number of carbonyl (C=O) groups is 2. The van der Waals surface area contributed by atoms with Gasteiger partial charge in [-0.3, -0.25) is 9.59 Å². The second kappa shape index (κ2) is 8.73. The summed E-state index contributed by atoms with van der Waals surface area (Å²) in [7, 11) is 3.08. The molecule has 7 heteroatoms. The highest BCUT2D eigenvalue weighted by molar-refractivity contribution is 8.03. The molecule has 0 aliphatic carbocycles. The fourth-order valence-electron chi connectivity index (χ4n) is 3.46. The number of furan rings is 1. The predicted octanol–water partition coefficient (Wildman–Crippen LogP) is 4.82. The zero-order valence-electron chi connectivity index (χ0n) is 17.4. The van der Waals surface area contributed by atoms with Crippen molar-refractivity contribution in [3.63, 3.8) is 0 Å². The molecule has 2 heterocycles. The highest BCUT2D eigenvalue weighted by atomic mass is 32.2. The molecule has 6 nitrogen and oxygen atoms in total. The lowest BCUT2D eigenvalue weighted by Crippen LogP contribution is -2.31.